The molecule has 0 amide bonds. The van der Waals surface area contributed by atoms with Gasteiger partial charge in [-0.05, 0) is 29.5 Å². The van der Waals surface area contributed by atoms with E-state index in [1.54, 1.807) is 0 Å². The predicted octanol–water partition coefficient (Wildman–Crippen LogP) is 4.00. The highest BCUT2D eigenvalue weighted by Crippen LogP contribution is 2.59. The van der Waals surface area contributed by atoms with E-state index in [2.05, 4.69) is 54.9 Å². The van der Waals surface area contributed by atoms with Crippen LogP contribution in [0.2, 0.25) is 0 Å². The van der Waals surface area contributed by atoms with Crippen molar-refractivity contribution in [2.75, 3.05) is 19.2 Å². The molecule has 0 aliphatic rings. The normalized spacial score (nSPS) is 16.0. The van der Waals surface area contributed by atoms with Crippen molar-refractivity contribution in [1.82, 2.24) is 0 Å². The molecule has 0 saturated carbocycles. The summed E-state index contributed by atoms with van der Waals surface area (Å²) in [5.41, 5.74) is 0. The standard InChI is InChI=1S/C11H26P2.2B/c1-10(2,3)12(7)9-13(8)11(4,5)6;;/h9H2,1-8H3;;/t12-,13-;;/m0../s1. The minimum absolute atomic E-state index is 0. The van der Waals surface area contributed by atoms with E-state index >= 15 is 0 Å². The molecule has 0 aliphatic carbocycles. The molecule has 15 heavy (non-hydrogen) atoms. The molecule has 0 aliphatic heterocycles. The molecule has 0 N–H and O–H groups in total. The summed E-state index contributed by atoms with van der Waals surface area (Å²) in [6.45, 7) is 19.2. The molecule has 86 valence electrons. The Kier molecular flexibility index (Phi) is 10.4. The molecule has 0 heterocycles. The molecule has 0 fully saturated rings. The van der Waals surface area contributed by atoms with Crippen molar-refractivity contribution in [2.24, 2.45) is 0 Å². The van der Waals surface area contributed by atoms with Crippen molar-refractivity contribution in [3.63, 3.8) is 0 Å². The lowest BCUT2D eigenvalue weighted by Gasteiger charge is -2.35. The van der Waals surface area contributed by atoms with Crippen LogP contribution in [0.3, 0.4) is 0 Å². The number of rotatable bonds is 2. The Morgan fingerprint density at radius 2 is 0.867 bits per heavy atom. The first kappa shape index (κ1) is 21.3. The Hall–Kier alpha value is 0.990. The van der Waals surface area contributed by atoms with Crippen LogP contribution >= 0.6 is 15.8 Å². The summed E-state index contributed by atoms with van der Waals surface area (Å²) in [5, 5.41) is 1.08. The Bertz CT molecular complexity index is 141. The zero-order chi connectivity index (χ0) is 10.9. The zero-order valence-electron chi connectivity index (χ0n) is 11.8. The third kappa shape index (κ3) is 8.76. The van der Waals surface area contributed by atoms with E-state index in [1.165, 1.54) is 5.90 Å². The summed E-state index contributed by atoms with van der Waals surface area (Å²) < 4.78 is 0. The summed E-state index contributed by atoms with van der Waals surface area (Å²) in [5.74, 6) is 1.47. The lowest BCUT2D eigenvalue weighted by Crippen LogP contribution is -2.17. The summed E-state index contributed by atoms with van der Waals surface area (Å²) in [6.07, 6.45) is 0. The Balaban J connectivity index is -0.000000720. The number of hydrogen-bond acceptors (Lipinski definition) is 0. The molecule has 0 bridgehead atoms. The minimum atomic E-state index is 0. The van der Waals surface area contributed by atoms with E-state index in [0.717, 1.165) is 0 Å². The second-order valence-electron chi connectivity index (χ2n) is 5.88. The summed E-state index contributed by atoms with van der Waals surface area (Å²) in [6, 6.07) is 0. The van der Waals surface area contributed by atoms with Gasteiger partial charge in [0.05, 0.1) is 0 Å². The molecule has 0 aromatic heterocycles. The van der Waals surface area contributed by atoms with Crippen LogP contribution in [0, 0.1) is 0 Å². The van der Waals surface area contributed by atoms with E-state index in [-0.39, 0.29) is 32.7 Å². The third-order valence-corrected chi connectivity index (χ3v) is 10.7. The molecule has 6 radical (unpaired) electrons. The van der Waals surface area contributed by atoms with Gasteiger partial charge in [0.15, 0.2) is 0 Å². The molecule has 4 heteroatoms. The van der Waals surface area contributed by atoms with E-state index < -0.39 is 0 Å². The highest BCUT2D eigenvalue weighted by molar-refractivity contribution is 7.75. The summed E-state index contributed by atoms with van der Waals surface area (Å²) in [7, 11) is 0.407. The SMILES string of the molecule is C[P@@](C[P@](C)C(C)(C)C)C(C)(C)C.[B].[B]. The second kappa shape index (κ2) is 7.34. The quantitative estimate of drug-likeness (QED) is 0.507. The van der Waals surface area contributed by atoms with Gasteiger partial charge in [-0.25, -0.2) is 0 Å². The van der Waals surface area contributed by atoms with Crippen molar-refractivity contribution in [3.05, 3.63) is 0 Å². The van der Waals surface area contributed by atoms with Crippen LogP contribution in [0.4, 0.5) is 0 Å². The van der Waals surface area contributed by atoms with Crippen LogP contribution in [-0.4, -0.2) is 46.4 Å². The number of hydrogen-bond donors (Lipinski definition) is 0. The third-order valence-electron chi connectivity index (χ3n) is 2.71. The Morgan fingerprint density at radius 3 is 1.00 bits per heavy atom. The van der Waals surface area contributed by atoms with E-state index in [4.69, 9.17) is 0 Å². The van der Waals surface area contributed by atoms with Crippen molar-refractivity contribution in [3.8, 4) is 0 Å². The van der Waals surface area contributed by atoms with Gasteiger partial charge in [0.25, 0.3) is 0 Å². The van der Waals surface area contributed by atoms with Crippen LogP contribution < -0.4 is 0 Å². The first-order chi connectivity index (χ1) is 5.55. The summed E-state index contributed by atoms with van der Waals surface area (Å²) >= 11 is 0. The van der Waals surface area contributed by atoms with Crippen LogP contribution in [0.5, 0.6) is 0 Å². The van der Waals surface area contributed by atoms with Crippen LogP contribution in [0.1, 0.15) is 41.5 Å². The monoisotopic (exact) mass is 242 g/mol. The van der Waals surface area contributed by atoms with Crippen LogP contribution in [-0.2, 0) is 0 Å². The lowest BCUT2D eigenvalue weighted by atomic mass is 10.3. The zero-order valence-corrected chi connectivity index (χ0v) is 13.5. The van der Waals surface area contributed by atoms with Gasteiger partial charge in [-0.1, -0.05) is 57.4 Å². The smallest absolute Gasteiger partial charge is 0 e. The molecule has 0 aromatic rings. The maximum atomic E-state index is 2.46. The molecular formula is C11H26B2P2. The van der Waals surface area contributed by atoms with E-state index in [0.29, 0.717) is 10.3 Å². The Labute approximate surface area is 104 Å². The molecule has 0 rings (SSSR count). The largest absolute Gasteiger partial charge is 0.1000 e. The minimum Gasteiger partial charge on any atom is -0.1000 e. The van der Waals surface area contributed by atoms with Gasteiger partial charge in [-0.2, -0.15) is 0 Å². The van der Waals surface area contributed by atoms with Crippen molar-refractivity contribution >= 4 is 32.7 Å². The molecule has 0 nitrogen and oxygen atoms in total. The topological polar surface area (TPSA) is 0 Å². The van der Waals surface area contributed by atoms with Gasteiger partial charge < -0.3 is 0 Å². The van der Waals surface area contributed by atoms with Gasteiger partial charge >= 0.3 is 0 Å². The average Bonchev–Trinajstić information content (AvgIpc) is 1.82. The molecular weight excluding hydrogens is 216 g/mol. The molecule has 0 saturated heterocycles. The van der Waals surface area contributed by atoms with Crippen molar-refractivity contribution < 1.29 is 0 Å². The molecule has 0 spiro atoms. The average molecular weight is 242 g/mol. The molecule has 2 atom stereocenters. The fourth-order valence-electron chi connectivity index (χ4n) is 0.742. The summed E-state index contributed by atoms with van der Waals surface area (Å²) in [4.78, 5) is 0. The lowest BCUT2D eigenvalue weighted by molar-refractivity contribution is 0.778. The maximum absolute atomic E-state index is 2.46. The molecule has 0 aromatic carbocycles. The predicted molar refractivity (Wildman–Crippen MR) is 81.6 cm³/mol. The van der Waals surface area contributed by atoms with Crippen molar-refractivity contribution in [2.45, 2.75) is 51.9 Å². The molecule has 0 unspecified atom stereocenters. The fourth-order valence-corrected chi connectivity index (χ4v) is 6.68. The maximum Gasteiger partial charge on any atom is 0 e. The van der Waals surface area contributed by atoms with E-state index in [9.17, 15) is 0 Å². The van der Waals surface area contributed by atoms with Gasteiger partial charge in [-0.3, -0.25) is 0 Å². The highest BCUT2D eigenvalue weighted by atomic mass is 31.2. The van der Waals surface area contributed by atoms with Gasteiger partial charge in [0, 0.05) is 16.8 Å². The van der Waals surface area contributed by atoms with Gasteiger partial charge in [-0.15, -0.1) is 0 Å². The van der Waals surface area contributed by atoms with Gasteiger partial charge in [0.1, 0.15) is 0 Å². The second-order valence-corrected chi connectivity index (χ2v) is 12.5. The van der Waals surface area contributed by atoms with Crippen LogP contribution in [0.15, 0.2) is 0 Å². The Morgan fingerprint density at radius 1 is 0.667 bits per heavy atom. The van der Waals surface area contributed by atoms with Crippen molar-refractivity contribution in [1.29, 1.82) is 0 Å². The highest BCUT2D eigenvalue weighted by Gasteiger charge is 2.26. The first-order valence-corrected chi connectivity index (χ1v) is 8.92. The first-order valence-electron chi connectivity index (χ1n) is 4.97. The van der Waals surface area contributed by atoms with Crippen LogP contribution in [0.25, 0.3) is 0 Å². The van der Waals surface area contributed by atoms with E-state index in [1.807, 2.05) is 0 Å². The van der Waals surface area contributed by atoms with Gasteiger partial charge in [0.2, 0.25) is 0 Å². The fraction of sp³-hybridized carbons (Fsp3) is 1.00.